The van der Waals surface area contributed by atoms with Gasteiger partial charge in [-0.1, -0.05) is 42.5 Å². The van der Waals surface area contributed by atoms with Gasteiger partial charge in [-0.3, -0.25) is 14.3 Å². The molecule has 1 aromatic heterocycles. The van der Waals surface area contributed by atoms with Crippen molar-refractivity contribution in [3.05, 3.63) is 83.7 Å². The molecule has 2 amide bonds. The molecule has 0 saturated heterocycles. The topological polar surface area (TPSA) is 76.9 Å². The third-order valence-corrected chi connectivity index (χ3v) is 6.70. The lowest BCUT2D eigenvalue weighted by molar-refractivity contribution is 0.0604. The standard InChI is InChI=1S/C29H36N4O4/c1-31-21-24(20-30-31)28(34)33-16-10-4-9-15-32(17-18-36-2)29(35)26-13-7-8-14-27(26)37-22-25(33)19-23-11-5-3-6-12-23/h3,5-8,11-14,20-21,25H,4,9-10,15-19,22H2,1-2H3/t25-/m0/s1. The maximum Gasteiger partial charge on any atom is 0.257 e. The summed E-state index contributed by atoms with van der Waals surface area (Å²) in [7, 11) is 3.45. The van der Waals surface area contributed by atoms with E-state index in [4.69, 9.17) is 9.47 Å². The molecule has 1 aliphatic rings. The average Bonchev–Trinajstić information content (AvgIpc) is 3.36. The van der Waals surface area contributed by atoms with Crippen molar-refractivity contribution in [2.24, 2.45) is 7.05 Å². The second-order valence-corrected chi connectivity index (χ2v) is 9.40. The van der Waals surface area contributed by atoms with Crippen LogP contribution in [0.15, 0.2) is 67.0 Å². The summed E-state index contributed by atoms with van der Waals surface area (Å²) >= 11 is 0. The smallest absolute Gasteiger partial charge is 0.257 e. The van der Waals surface area contributed by atoms with E-state index in [1.807, 2.05) is 59.3 Å². The number of hydrogen-bond donors (Lipinski definition) is 0. The van der Waals surface area contributed by atoms with Gasteiger partial charge in [0.2, 0.25) is 0 Å². The largest absolute Gasteiger partial charge is 0.491 e. The first-order valence-corrected chi connectivity index (χ1v) is 12.9. The number of carbonyl (C=O) groups excluding carboxylic acids is 2. The van der Waals surface area contributed by atoms with Crippen LogP contribution in [0, 0.1) is 0 Å². The predicted octanol–water partition coefficient (Wildman–Crippen LogP) is 3.83. The molecule has 0 bridgehead atoms. The number of benzene rings is 2. The van der Waals surface area contributed by atoms with Crippen LogP contribution in [-0.2, 0) is 18.2 Å². The summed E-state index contributed by atoms with van der Waals surface area (Å²) in [5, 5.41) is 4.21. The highest BCUT2D eigenvalue weighted by atomic mass is 16.5. The van der Waals surface area contributed by atoms with Gasteiger partial charge < -0.3 is 19.3 Å². The van der Waals surface area contributed by atoms with Gasteiger partial charge in [0.25, 0.3) is 11.8 Å². The summed E-state index contributed by atoms with van der Waals surface area (Å²) < 4.78 is 13.2. The average molecular weight is 505 g/mol. The van der Waals surface area contributed by atoms with Crippen LogP contribution >= 0.6 is 0 Å². The fraction of sp³-hybridized carbons (Fsp3) is 0.414. The molecule has 3 aromatic rings. The van der Waals surface area contributed by atoms with Gasteiger partial charge in [-0.25, -0.2) is 0 Å². The Bertz CT molecular complexity index is 1160. The number of hydrogen-bond acceptors (Lipinski definition) is 5. The van der Waals surface area contributed by atoms with Crippen molar-refractivity contribution in [3.63, 3.8) is 0 Å². The minimum atomic E-state index is -0.219. The first-order valence-electron chi connectivity index (χ1n) is 12.9. The zero-order chi connectivity index (χ0) is 26.0. The van der Waals surface area contributed by atoms with Gasteiger partial charge >= 0.3 is 0 Å². The van der Waals surface area contributed by atoms with Crippen LogP contribution in [0.1, 0.15) is 45.5 Å². The summed E-state index contributed by atoms with van der Waals surface area (Å²) in [4.78, 5) is 31.0. The minimum absolute atomic E-state index is 0.0569. The summed E-state index contributed by atoms with van der Waals surface area (Å²) in [6.45, 7) is 2.49. The predicted molar refractivity (Wildman–Crippen MR) is 142 cm³/mol. The summed E-state index contributed by atoms with van der Waals surface area (Å²) in [5.74, 6) is 0.411. The summed E-state index contributed by atoms with van der Waals surface area (Å²) in [6.07, 6.45) is 6.58. The Labute approximate surface area is 218 Å². The van der Waals surface area contributed by atoms with Crippen molar-refractivity contribution in [2.75, 3.05) is 40.0 Å². The highest BCUT2D eigenvalue weighted by Gasteiger charge is 2.28. The molecule has 0 fully saturated rings. The fourth-order valence-electron chi connectivity index (χ4n) is 4.70. The van der Waals surface area contributed by atoms with Crippen molar-refractivity contribution in [1.82, 2.24) is 19.6 Å². The highest BCUT2D eigenvalue weighted by Crippen LogP contribution is 2.23. The number of para-hydroxylation sites is 1. The van der Waals surface area contributed by atoms with Crippen molar-refractivity contribution in [1.29, 1.82) is 0 Å². The molecular weight excluding hydrogens is 468 g/mol. The number of fused-ring (bicyclic) bond motifs is 1. The molecule has 0 unspecified atom stereocenters. The van der Waals surface area contributed by atoms with Crippen LogP contribution in [0.25, 0.3) is 0 Å². The quantitative estimate of drug-likeness (QED) is 0.510. The molecule has 0 spiro atoms. The van der Waals surface area contributed by atoms with Gasteiger partial charge in [-0.15, -0.1) is 0 Å². The number of amides is 2. The van der Waals surface area contributed by atoms with E-state index in [0.29, 0.717) is 49.5 Å². The number of ether oxygens (including phenoxy) is 2. The Kier molecular flexibility index (Phi) is 9.32. The number of carbonyl (C=O) groups is 2. The second-order valence-electron chi connectivity index (χ2n) is 9.40. The summed E-state index contributed by atoms with van der Waals surface area (Å²) in [5.41, 5.74) is 2.21. The number of aryl methyl sites for hydroxylation is 1. The van der Waals surface area contributed by atoms with Crippen LogP contribution in [0.5, 0.6) is 5.75 Å². The molecule has 0 N–H and O–H groups in total. The van der Waals surface area contributed by atoms with E-state index in [9.17, 15) is 9.59 Å². The van der Waals surface area contributed by atoms with Crippen molar-refractivity contribution in [3.8, 4) is 5.75 Å². The first-order chi connectivity index (χ1) is 18.1. The van der Waals surface area contributed by atoms with E-state index in [-0.39, 0.29) is 24.5 Å². The second kappa shape index (κ2) is 13.1. The number of aromatic nitrogens is 2. The van der Waals surface area contributed by atoms with Gasteiger partial charge in [-0.2, -0.15) is 5.10 Å². The third kappa shape index (κ3) is 6.98. The lowest BCUT2D eigenvalue weighted by atomic mass is 10.0. The van der Waals surface area contributed by atoms with Crippen LogP contribution in [-0.4, -0.2) is 77.4 Å². The maximum absolute atomic E-state index is 13.7. The lowest BCUT2D eigenvalue weighted by Crippen LogP contribution is -2.45. The molecular formula is C29H36N4O4. The monoisotopic (exact) mass is 504 g/mol. The molecule has 2 heterocycles. The Morgan fingerprint density at radius 2 is 1.81 bits per heavy atom. The molecule has 1 aliphatic heterocycles. The lowest BCUT2D eigenvalue weighted by Gasteiger charge is -2.32. The van der Waals surface area contributed by atoms with Crippen molar-refractivity contribution in [2.45, 2.75) is 31.7 Å². The molecule has 0 saturated carbocycles. The maximum atomic E-state index is 13.7. The number of nitrogens with zero attached hydrogens (tertiary/aromatic N) is 4. The van der Waals surface area contributed by atoms with E-state index in [0.717, 1.165) is 24.8 Å². The zero-order valence-electron chi connectivity index (χ0n) is 21.7. The van der Waals surface area contributed by atoms with Crippen molar-refractivity contribution >= 4 is 11.8 Å². The van der Waals surface area contributed by atoms with Crippen LogP contribution in [0.2, 0.25) is 0 Å². The molecule has 4 rings (SSSR count). The summed E-state index contributed by atoms with van der Waals surface area (Å²) in [6, 6.07) is 17.3. The zero-order valence-corrected chi connectivity index (χ0v) is 21.7. The van der Waals surface area contributed by atoms with E-state index < -0.39 is 0 Å². The number of methoxy groups -OCH3 is 1. The van der Waals surface area contributed by atoms with Gasteiger partial charge in [0.05, 0.1) is 30.0 Å². The van der Waals surface area contributed by atoms with Gasteiger partial charge in [-0.05, 0) is 43.4 Å². The van der Waals surface area contributed by atoms with E-state index in [2.05, 4.69) is 17.2 Å². The van der Waals surface area contributed by atoms with E-state index >= 15 is 0 Å². The van der Waals surface area contributed by atoms with Crippen LogP contribution < -0.4 is 4.74 Å². The first kappa shape index (κ1) is 26.4. The van der Waals surface area contributed by atoms with E-state index in [1.165, 1.54) is 0 Å². The molecule has 8 heteroatoms. The molecule has 2 aromatic carbocycles. The normalized spacial score (nSPS) is 17.2. The molecule has 196 valence electrons. The Hall–Kier alpha value is -3.65. The van der Waals surface area contributed by atoms with Crippen LogP contribution in [0.3, 0.4) is 0 Å². The van der Waals surface area contributed by atoms with Gasteiger partial charge in [0.15, 0.2) is 0 Å². The third-order valence-electron chi connectivity index (χ3n) is 6.70. The molecule has 0 radical (unpaired) electrons. The minimum Gasteiger partial charge on any atom is -0.491 e. The van der Waals surface area contributed by atoms with E-state index in [1.54, 1.807) is 24.2 Å². The molecule has 37 heavy (non-hydrogen) atoms. The number of rotatable bonds is 6. The Morgan fingerprint density at radius 3 is 2.57 bits per heavy atom. The Balaban J connectivity index is 1.66. The fourth-order valence-corrected chi connectivity index (χ4v) is 4.70. The van der Waals surface area contributed by atoms with Crippen molar-refractivity contribution < 1.29 is 19.1 Å². The Morgan fingerprint density at radius 1 is 1.05 bits per heavy atom. The molecule has 8 nitrogen and oxygen atoms in total. The van der Waals surface area contributed by atoms with Gasteiger partial charge in [0.1, 0.15) is 12.4 Å². The molecule has 1 atom stereocenters. The molecule has 0 aliphatic carbocycles. The highest BCUT2D eigenvalue weighted by molar-refractivity contribution is 5.97. The SMILES string of the molecule is COCCN1CCCCCN(C(=O)c2cnn(C)c2)[C@@H](Cc2ccccc2)COc2ccccc2C1=O. The van der Waals surface area contributed by atoms with Crippen LogP contribution in [0.4, 0.5) is 0 Å². The van der Waals surface area contributed by atoms with Gasteiger partial charge in [0, 0.05) is 40.0 Å².